The first-order valence-corrected chi connectivity index (χ1v) is 13.9. The van der Waals surface area contributed by atoms with Crippen molar-refractivity contribution in [1.82, 2.24) is 19.9 Å². The summed E-state index contributed by atoms with van der Waals surface area (Å²) in [5, 5.41) is 8.95. The Labute approximate surface area is 239 Å². The van der Waals surface area contributed by atoms with Gasteiger partial charge in [-0.3, -0.25) is 19.7 Å². The Morgan fingerprint density at radius 3 is 2.17 bits per heavy atom. The first kappa shape index (κ1) is 26.3. The molecular weight excluding hydrogens is 508 g/mol. The van der Waals surface area contributed by atoms with Crippen molar-refractivity contribution in [2.45, 2.75) is 19.4 Å². The summed E-state index contributed by atoms with van der Waals surface area (Å²) >= 11 is 0. The first-order valence-electron chi connectivity index (χ1n) is 13.9. The molecule has 6 rings (SSSR count). The van der Waals surface area contributed by atoms with Crippen molar-refractivity contribution >= 4 is 22.6 Å². The highest BCUT2D eigenvalue weighted by Crippen LogP contribution is 2.25. The molecule has 0 spiro atoms. The van der Waals surface area contributed by atoms with Crippen molar-refractivity contribution in [3.8, 4) is 17.2 Å². The quantitative estimate of drug-likeness (QED) is 0.267. The lowest BCUT2D eigenvalue weighted by atomic mass is 9.99. The Bertz CT molecular complexity index is 1690. The number of rotatable bonds is 8. The molecule has 202 valence electrons. The topological polar surface area (TPSA) is 86.0 Å². The van der Waals surface area contributed by atoms with Crippen LogP contribution in [0, 0.1) is 11.3 Å². The van der Waals surface area contributed by atoms with Crippen LogP contribution in [0.4, 0.5) is 5.82 Å². The van der Waals surface area contributed by atoms with E-state index in [0.29, 0.717) is 18.4 Å². The third-order valence-electron chi connectivity index (χ3n) is 7.53. The molecule has 0 N–H and O–H groups in total. The van der Waals surface area contributed by atoms with Gasteiger partial charge < -0.3 is 4.90 Å². The van der Waals surface area contributed by atoms with Crippen molar-refractivity contribution in [3.63, 3.8) is 0 Å². The summed E-state index contributed by atoms with van der Waals surface area (Å²) in [6.45, 7) is 4.67. The van der Waals surface area contributed by atoms with Gasteiger partial charge in [-0.1, -0.05) is 48.5 Å². The van der Waals surface area contributed by atoms with E-state index in [0.717, 1.165) is 71.8 Å². The number of hydrogen-bond donors (Lipinski definition) is 0. The molecule has 3 heterocycles. The number of Topliss-reactive ketones (excluding diaryl/α,β-unsaturated/α-hetero) is 1. The summed E-state index contributed by atoms with van der Waals surface area (Å²) < 4.78 is 0. The van der Waals surface area contributed by atoms with Crippen LogP contribution in [-0.4, -0.2) is 51.8 Å². The Morgan fingerprint density at radius 2 is 1.49 bits per heavy atom. The number of anilines is 1. The SMILES string of the molecule is N#Cc1ccc(CC(=O)Cc2ccc(-c3ccc4ncc(N5CCN(Cc6cccnc6)CC5)nc4c3)cc2)cc1. The number of ketones is 1. The third-order valence-corrected chi connectivity index (χ3v) is 7.53. The molecule has 0 radical (unpaired) electrons. The van der Waals surface area contributed by atoms with E-state index in [1.165, 1.54) is 5.56 Å². The molecule has 3 aromatic carbocycles. The number of carbonyl (C=O) groups excluding carboxylic acids is 1. The fraction of sp³-hybridized carbons (Fsp3) is 0.206. The van der Waals surface area contributed by atoms with Crippen LogP contribution in [0.1, 0.15) is 22.3 Å². The summed E-state index contributed by atoms with van der Waals surface area (Å²) in [6.07, 6.45) is 6.36. The van der Waals surface area contributed by atoms with Crippen LogP contribution in [0.3, 0.4) is 0 Å². The number of piperazine rings is 1. The Kier molecular flexibility index (Phi) is 7.74. The number of fused-ring (bicyclic) bond motifs is 1. The van der Waals surface area contributed by atoms with Gasteiger partial charge in [0.25, 0.3) is 0 Å². The van der Waals surface area contributed by atoms with Crippen LogP contribution >= 0.6 is 0 Å². The second kappa shape index (κ2) is 12.1. The second-order valence-electron chi connectivity index (χ2n) is 10.5. The molecule has 1 fully saturated rings. The van der Waals surface area contributed by atoms with E-state index in [1.807, 2.05) is 55.0 Å². The van der Waals surface area contributed by atoms with Crippen molar-refractivity contribution in [3.05, 3.63) is 120 Å². The van der Waals surface area contributed by atoms with Gasteiger partial charge in [0.05, 0.1) is 28.9 Å². The zero-order valence-corrected chi connectivity index (χ0v) is 22.8. The van der Waals surface area contributed by atoms with Crippen molar-refractivity contribution in [2.24, 2.45) is 0 Å². The monoisotopic (exact) mass is 538 g/mol. The minimum absolute atomic E-state index is 0.147. The van der Waals surface area contributed by atoms with Gasteiger partial charge in [0.2, 0.25) is 0 Å². The van der Waals surface area contributed by atoms with Crippen molar-refractivity contribution in [2.75, 3.05) is 31.1 Å². The Balaban J connectivity index is 1.09. The van der Waals surface area contributed by atoms with Crippen LogP contribution in [0.25, 0.3) is 22.2 Å². The fourth-order valence-corrected chi connectivity index (χ4v) is 5.25. The van der Waals surface area contributed by atoms with Crippen LogP contribution in [0.5, 0.6) is 0 Å². The average Bonchev–Trinajstić information content (AvgIpc) is 3.02. The molecule has 7 heteroatoms. The molecule has 5 aromatic rings. The van der Waals surface area contributed by atoms with E-state index in [1.54, 1.807) is 12.1 Å². The molecule has 0 amide bonds. The summed E-state index contributed by atoms with van der Waals surface area (Å²) in [5.41, 5.74) is 7.64. The second-order valence-corrected chi connectivity index (χ2v) is 10.5. The molecule has 0 atom stereocenters. The van der Waals surface area contributed by atoms with E-state index in [4.69, 9.17) is 10.2 Å². The predicted molar refractivity (Wildman–Crippen MR) is 160 cm³/mol. The highest BCUT2D eigenvalue weighted by atomic mass is 16.1. The molecule has 0 saturated carbocycles. The predicted octanol–water partition coefficient (Wildman–Crippen LogP) is 5.24. The standard InChI is InChI=1S/C34H30N6O/c35-21-27-5-3-25(4-6-27)18-31(41)19-26-7-9-29(10-8-26)30-11-12-32-33(20-30)38-34(23-37-32)40-16-14-39(15-17-40)24-28-2-1-13-36-22-28/h1-13,20,22-23H,14-19,24H2. The number of hydrogen-bond acceptors (Lipinski definition) is 7. The minimum Gasteiger partial charge on any atom is -0.353 e. The lowest BCUT2D eigenvalue weighted by Crippen LogP contribution is -2.46. The number of benzene rings is 3. The minimum atomic E-state index is 0.147. The third kappa shape index (κ3) is 6.46. The maximum absolute atomic E-state index is 12.6. The lowest BCUT2D eigenvalue weighted by Gasteiger charge is -2.35. The van der Waals surface area contributed by atoms with Gasteiger partial charge in [0.1, 0.15) is 11.6 Å². The molecule has 0 aliphatic carbocycles. The van der Waals surface area contributed by atoms with Gasteiger partial charge in [-0.05, 0) is 58.1 Å². The molecule has 1 aliphatic heterocycles. The summed E-state index contributed by atoms with van der Waals surface area (Å²) in [4.78, 5) is 31.3. The number of aromatic nitrogens is 3. The zero-order chi connectivity index (χ0) is 28.0. The maximum Gasteiger partial charge on any atom is 0.147 e. The average molecular weight is 539 g/mol. The molecular formula is C34H30N6O. The van der Waals surface area contributed by atoms with Gasteiger partial charge in [-0.25, -0.2) is 4.98 Å². The molecule has 1 saturated heterocycles. The van der Waals surface area contributed by atoms with Gasteiger partial charge in [0.15, 0.2) is 0 Å². The van der Waals surface area contributed by atoms with E-state index in [-0.39, 0.29) is 5.78 Å². The smallest absolute Gasteiger partial charge is 0.147 e. The van der Waals surface area contributed by atoms with Crippen LogP contribution in [0.15, 0.2) is 97.5 Å². The summed E-state index contributed by atoms with van der Waals surface area (Å²) in [6, 6.07) is 27.7. The van der Waals surface area contributed by atoms with Crippen LogP contribution in [0.2, 0.25) is 0 Å². The number of pyridine rings is 1. The Morgan fingerprint density at radius 1 is 0.780 bits per heavy atom. The number of carbonyl (C=O) groups is 1. The fourth-order valence-electron chi connectivity index (χ4n) is 5.25. The zero-order valence-electron chi connectivity index (χ0n) is 22.8. The lowest BCUT2D eigenvalue weighted by molar-refractivity contribution is -0.117. The van der Waals surface area contributed by atoms with Crippen LogP contribution in [-0.2, 0) is 24.2 Å². The largest absolute Gasteiger partial charge is 0.353 e. The van der Waals surface area contributed by atoms with Gasteiger partial charge in [-0.2, -0.15) is 5.26 Å². The number of nitriles is 1. The van der Waals surface area contributed by atoms with E-state index >= 15 is 0 Å². The Hall–Kier alpha value is -4.93. The van der Waals surface area contributed by atoms with Gasteiger partial charge in [0, 0.05) is 58.0 Å². The van der Waals surface area contributed by atoms with E-state index in [2.05, 4.69) is 56.2 Å². The number of nitrogens with zero attached hydrogens (tertiary/aromatic N) is 6. The molecule has 1 aliphatic rings. The highest BCUT2D eigenvalue weighted by molar-refractivity contribution is 5.84. The van der Waals surface area contributed by atoms with Gasteiger partial charge in [-0.15, -0.1) is 0 Å². The van der Waals surface area contributed by atoms with E-state index < -0.39 is 0 Å². The van der Waals surface area contributed by atoms with Crippen molar-refractivity contribution in [1.29, 1.82) is 5.26 Å². The highest BCUT2D eigenvalue weighted by Gasteiger charge is 2.19. The van der Waals surface area contributed by atoms with Crippen LogP contribution < -0.4 is 4.90 Å². The normalized spacial score (nSPS) is 13.7. The molecule has 7 nitrogen and oxygen atoms in total. The van der Waals surface area contributed by atoms with Crippen molar-refractivity contribution < 1.29 is 4.79 Å². The molecule has 0 unspecified atom stereocenters. The van der Waals surface area contributed by atoms with E-state index in [9.17, 15) is 4.79 Å². The summed E-state index contributed by atoms with van der Waals surface area (Å²) in [5.74, 6) is 1.06. The molecule has 2 aromatic heterocycles. The molecule has 41 heavy (non-hydrogen) atoms. The summed E-state index contributed by atoms with van der Waals surface area (Å²) in [7, 11) is 0. The first-order chi connectivity index (χ1) is 20.1. The maximum atomic E-state index is 12.6. The van der Waals surface area contributed by atoms with Gasteiger partial charge >= 0.3 is 0 Å². The molecule has 0 bridgehead atoms.